The van der Waals surface area contributed by atoms with Crippen LogP contribution in [0.25, 0.3) is 0 Å². The maximum Gasteiger partial charge on any atom is 0.223 e. The highest BCUT2D eigenvalue weighted by Gasteiger charge is 2.32. The van der Waals surface area contributed by atoms with Crippen molar-refractivity contribution in [3.05, 3.63) is 0 Å². The number of amides is 1. The Morgan fingerprint density at radius 3 is 1.80 bits per heavy atom. The molecule has 0 aliphatic carbocycles. The lowest BCUT2D eigenvalue weighted by Gasteiger charge is -2.30. The molecule has 1 amide bonds. The Bertz CT molecular complexity index is 193. The van der Waals surface area contributed by atoms with E-state index in [0.717, 1.165) is 0 Å². The van der Waals surface area contributed by atoms with E-state index in [0.29, 0.717) is 0 Å². The van der Waals surface area contributed by atoms with Gasteiger partial charge in [0.1, 0.15) is 5.54 Å². The maximum absolute atomic E-state index is 11.6. The van der Waals surface area contributed by atoms with Crippen molar-refractivity contribution >= 4 is 5.91 Å². The first-order valence-electron chi connectivity index (χ1n) is 5.07. The highest BCUT2D eigenvalue weighted by Crippen LogP contribution is 2.12. The van der Waals surface area contributed by atoms with E-state index in [1.807, 2.05) is 13.8 Å². The zero-order chi connectivity index (χ0) is 12.1. The average Bonchev–Trinajstić information content (AvgIpc) is 2.24. The van der Waals surface area contributed by atoms with Gasteiger partial charge in [-0.2, -0.15) is 0 Å². The molecule has 0 rings (SSSR count). The Morgan fingerprint density at radius 2 is 1.53 bits per heavy atom. The van der Waals surface area contributed by atoms with Crippen LogP contribution in [0.2, 0.25) is 0 Å². The van der Waals surface area contributed by atoms with Crippen molar-refractivity contribution in [2.24, 2.45) is 11.8 Å². The van der Waals surface area contributed by atoms with Crippen molar-refractivity contribution in [2.75, 3.05) is 19.8 Å². The molecule has 5 heteroatoms. The standard InChI is InChI=1S/C10H21NO4/c1-7(2)8(3)9(15)11-10(4-12,5-13)6-14/h7-8,12-14H,4-6H2,1-3H3,(H,11,15). The molecule has 90 valence electrons. The van der Waals surface area contributed by atoms with E-state index in [9.17, 15) is 4.79 Å². The van der Waals surface area contributed by atoms with Crippen molar-refractivity contribution in [1.29, 1.82) is 0 Å². The third-order valence-electron chi connectivity index (χ3n) is 2.71. The molecule has 0 aromatic carbocycles. The van der Waals surface area contributed by atoms with Crippen LogP contribution in [0.4, 0.5) is 0 Å². The summed E-state index contributed by atoms with van der Waals surface area (Å²) in [5.74, 6) is -0.338. The van der Waals surface area contributed by atoms with E-state index in [2.05, 4.69) is 5.32 Å². The fraction of sp³-hybridized carbons (Fsp3) is 0.900. The molecule has 0 aliphatic rings. The van der Waals surface area contributed by atoms with Crippen molar-refractivity contribution in [3.8, 4) is 0 Å². The normalized spacial score (nSPS) is 14.1. The Balaban J connectivity index is 4.48. The number of rotatable bonds is 6. The molecular weight excluding hydrogens is 198 g/mol. The van der Waals surface area contributed by atoms with Crippen LogP contribution in [0.1, 0.15) is 20.8 Å². The van der Waals surface area contributed by atoms with Crippen molar-refractivity contribution in [1.82, 2.24) is 5.32 Å². The summed E-state index contributed by atoms with van der Waals surface area (Å²) in [4.78, 5) is 11.6. The van der Waals surface area contributed by atoms with Crippen LogP contribution in [-0.4, -0.2) is 46.6 Å². The lowest BCUT2D eigenvalue weighted by Crippen LogP contribution is -2.58. The summed E-state index contributed by atoms with van der Waals surface area (Å²) < 4.78 is 0. The second kappa shape index (κ2) is 6.05. The number of carbonyl (C=O) groups excluding carboxylic acids is 1. The van der Waals surface area contributed by atoms with Crippen LogP contribution >= 0.6 is 0 Å². The van der Waals surface area contributed by atoms with Crippen LogP contribution < -0.4 is 5.32 Å². The van der Waals surface area contributed by atoms with Crippen molar-refractivity contribution in [3.63, 3.8) is 0 Å². The minimum atomic E-state index is -1.32. The monoisotopic (exact) mass is 219 g/mol. The van der Waals surface area contributed by atoms with Gasteiger partial charge in [-0.05, 0) is 5.92 Å². The predicted molar refractivity (Wildman–Crippen MR) is 56.1 cm³/mol. The first kappa shape index (κ1) is 14.3. The fourth-order valence-electron chi connectivity index (χ4n) is 0.947. The molecule has 0 aromatic rings. The van der Waals surface area contributed by atoms with Gasteiger partial charge in [0, 0.05) is 5.92 Å². The summed E-state index contributed by atoms with van der Waals surface area (Å²) in [7, 11) is 0. The molecule has 1 atom stereocenters. The third kappa shape index (κ3) is 3.77. The predicted octanol–water partition coefficient (Wildman–Crippen LogP) is -0.890. The smallest absolute Gasteiger partial charge is 0.223 e. The van der Waals surface area contributed by atoms with E-state index >= 15 is 0 Å². The topological polar surface area (TPSA) is 89.8 Å². The van der Waals surface area contributed by atoms with Crippen LogP contribution in [-0.2, 0) is 4.79 Å². The van der Waals surface area contributed by atoms with Gasteiger partial charge in [0.25, 0.3) is 0 Å². The Hall–Kier alpha value is -0.650. The van der Waals surface area contributed by atoms with E-state index < -0.39 is 25.4 Å². The molecule has 0 heterocycles. The zero-order valence-corrected chi connectivity index (χ0v) is 9.53. The third-order valence-corrected chi connectivity index (χ3v) is 2.71. The summed E-state index contributed by atoms with van der Waals surface area (Å²) >= 11 is 0. The van der Waals surface area contributed by atoms with E-state index in [4.69, 9.17) is 15.3 Å². The quantitative estimate of drug-likeness (QED) is 0.466. The van der Waals surface area contributed by atoms with Crippen molar-refractivity contribution in [2.45, 2.75) is 26.3 Å². The van der Waals surface area contributed by atoms with Gasteiger partial charge in [0.2, 0.25) is 5.91 Å². The van der Waals surface area contributed by atoms with Crippen LogP contribution in [0.3, 0.4) is 0 Å². The molecule has 0 bridgehead atoms. The number of hydrogen-bond donors (Lipinski definition) is 4. The lowest BCUT2D eigenvalue weighted by molar-refractivity contribution is -0.130. The second-order valence-corrected chi connectivity index (χ2v) is 4.28. The fourth-order valence-corrected chi connectivity index (χ4v) is 0.947. The Labute approximate surface area is 90.1 Å². The molecule has 15 heavy (non-hydrogen) atoms. The minimum Gasteiger partial charge on any atom is -0.394 e. The molecule has 0 aliphatic heterocycles. The SMILES string of the molecule is CC(C)C(C)C(=O)NC(CO)(CO)CO. The van der Waals surface area contributed by atoms with Gasteiger partial charge in [-0.3, -0.25) is 4.79 Å². The summed E-state index contributed by atoms with van der Waals surface area (Å²) in [6.45, 7) is 4.10. The van der Waals surface area contributed by atoms with Crippen LogP contribution in [0, 0.1) is 11.8 Å². The minimum absolute atomic E-state index is 0.166. The molecule has 0 aromatic heterocycles. The van der Waals surface area contributed by atoms with Crippen molar-refractivity contribution < 1.29 is 20.1 Å². The second-order valence-electron chi connectivity index (χ2n) is 4.28. The summed E-state index contributed by atoms with van der Waals surface area (Å²) in [6, 6.07) is 0. The molecular formula is C10H21NO4. The van der Waals surface area contributed by atoms with Gasteiger partial charge >= 0.3 is 0 Å². The number of aliphatic hydroxyl groups is 3. The lowest BCUT2D eigenvalue weighted by atomic mass is 9.95. The van der Waals surface area contributed by atoms with E-state index in [-0.39, 0.29) is 17.7 Å². The van der Waals surface area contributed by atoms with Gasteiger partial charge in [0.15, 0.2) is 0 Å². The number of carbonyl (C=O) groups is 1. The molecule has 0 radical (unpaired) electrons. The molecule has 0 spiro atoms. The van der Waals surface area contributed by atoms with E-state index in [1.165, 1.54) is 0 Å². The van der Waals surface area contributed by atoms with Crippen LogP contribution in [0.15, 0.2) is 0 Å². The zero-order valence-electron chi connectivity index (χ0n) is 9.53. The highest BCUT2D eigenvalue weighted by molar-refractivity contribution is 5.79. The average molecular weight is 219 g/mol. The molecule has 0 saturated heterocycles. The van der Waals surface area contributed by atoms with Gasteiger partial charge in [-0.15, -0.1) is 0 Å². The van der Waals surface area contributed by atoms with Gasteiger partial charge in [-0.1, -0.05) is 20.8 Å². The maximum atomic E-state index is 11.6. The molecule has 5 nitrogen and oxygen atoms in total. The number of nitrogens with one attached hydrogen (secondary N) is 1. The van der Waals surface area contributed by atoms with E-state index in [1.54, 1.807) is 6.92 Å². The first-order chi connectivity index (χ1) is 6.92. The summed E-state index contributed by atoms with van der Waals surface area (Å²) in [6.07, 6.45) is 0. The molecule has 0 fully saturated rings. The van der Waals surface area contributed by atoms with Gasteiger partial charge in [-0.25, -0.2) is 0 Å². The first-order valence-corrected chi connectivity index (χ1v) is 5.07. The largest absolute Gasteiger partial charge is 0.394 e. The van der Waals surface area contributed by atoms with Gasteiger partial charge < -0.3 is 20.6 Å². The molecule has 0 saturated carbocycles. The van der Waals surface area contributed by atoms with Crippen LogP contribution in [0.5, 0.6) is 0 Å². The Kier molecular flexibility index (Phi) is 5.79. The molecule has 1 unspecified atom stereocenters. The number of hydrogen-bond acceptors (Lipinski definition) is 4. The molecule has 4 N–H and O–H groups in total. The summed E-state index contributed by atoms with van der Waals surface area (Å²) in [5.41, 5.74) is -1.32. The highest BCUT2D eigenvalue weighted by atomic mass is 16.3. The summed E-state index contributed by atoms with van der Waals surface area (Å²) in [5, 5.41) is 29.5. The Morgan fingerprint density at radius 1 is 1.13 bits per heavy atom. The number of aliphatic hydroxyl groups excluding tert-OH is 3. The van der Waals surface area contributed by atoms with Gasteiger partial charge in [0.05, 0.1) is 19.8 Å².